The van der Waals surface area contributed by atoms with E-state index >= 15 is 0 Å². The van der Waals surface area contributed by atoms with Crippen molar-refractivity contribution in [2.24, 2.45) is 11.0 Å². The molecule has 2 amide bonds. The van der Waals surface area contributed by atoms with Crippen LogP contribution in [-0.2, 0) is 9.59 Å². The number of hydrazone groups is 1. The number of nitrogens with zero attached hydrogens (tertiary/aromatic N) is 1. The molecule has 2 N–H and O–H groups in total. The van der Waals surface area contributed by atoms with Crippen LogP contribution in [0.4, 0.5) is 0 Å². The van der Waals surface area contributed by atoms with Crippen molar-refractivity contribution in [1.29, 1.82) is 0 Å². The zero-order chi connectivity index (χ0) is 27.5. The summed E-state index contributed by atoms with van der Waals surface area (Å²) in [4.78, 5) is 25.7. The molecule has 0 aliphatic carbocycles. The van der Waals surface area contributed by atoms with Crippen LogP contribution in [0.3, 0.4) is 0 Å². The third-order valence-corrected chi connectivity index (χ3v) is 6.25. The lowest BCUT2D eigenvalue weighted by Crippen LogP contribution is -2.49. The minimum atomic E-state index is -0.896. The number of benzene rings is 2. The number of rotatable bonds is 13. The Hall–Kier alpha value is -2.24. The Morgan fingerprint density at radius 2 is 1.73 bits per heavy atom. The number of halogens is 3. The lowest BCUT2D eigenvalue weighted by atomic mass is 10.0. The molecule has 0 aliphatic rings. The molecule has 2 aromatic carbocycles. The standard InChI is InChI=1S/C26H32Cl2IN3O5/c1-6-35-23-12-17(11-20(29)24(23)36-7-2)14-30-32-26(34)21(10-15(3)4)31-25(33)16(5)37-22-9-8-18(27)13-19(22)28/h8-9,11-16,21H,6-7,10H2,1-5H3,(H,31,33)(H,32,34)/b30-14-/t16-,21+/m1/s1. The zero-order valence-electron chi connectivity index (χ0n) is 21.4. The van der Waals surface area contributed by atoms with Crippen molar-refractivity contribution >= 4 is 63.8 Å². The van der Waals surface area contributed by atoms with Gasteiger partial charge in [0, 0.05) is 5.02 Å². The Morgan fingerprint density at radius 3 is 2.35 bits per heavy atom. The minimum Gasteiger partial charge on any atom is -0.490 e. The molecule has 2 rings (SSSR count). The molecule has 0 aliphatic heterocycles. The summed E-state index contributed by atoms with van der Waals surface area (Å²) in [6, 6.07) is 7.58. The van der Waals surface area contributed by atoms with Crippen molar-refractivity contribution in [3.8, 4) is 17.2 Å². The lowest BCUT2D eigenvalue weighted by molar-refractivity contribution is -0.132. The Kier molecular flexibility index (Phi) is 12.8. The number of nitrogens with one attached hydrogen (secondary N) is 2. The summed E-state index contributed by atoms with van der Waals surface area (Å²) >= 11 is 14.2. The lowest BCUT2D eigenvalue weighted by Gasteiger charge is -2.22. The van der Waals surface area contributed by atoms with Crippen LogP contribution in [0.15, 0.2) is 35.4 Å². The van der Waals surface area contributed by atoms with Crippen LogP contribution in [-0.4, -0.2) is 43.4 Å². The highest BCUT2D eigenvalue weighted by Gasteiger charge is 2.25. The van der Waals surface area contributed by atoms with E-state index in [0.717, 1.165) is 9.13 Å². The Morgan fingerprint density at radius 1 is 1.03 bits per heavy atom. The van der Waals surface area contributed by atoms with Crippen LogP contribution in [0.2, 0.25) is 10.0 Å². The van der Waals surface area contributed by atoms with Crippen LogP contribution in [0, 0.1) is 9.49 Å². The van der Waals surface area contributed by atoms with Crippen LogP contribution in [0.25, 0.3) is 0 Å². The van der Waals surface area contributed by atoms with Gasteiger partial charge in [-0.1, -0.05) is 37.0 Å². The van der Waals surface area contributed by atoms with Crippen LogP contribution < -0.4 is 25.0 Å². The van der Waals surface area contributed by atoms with Gasteiger partial charge in [0.2, 0.25) is 0 Å². The molecule has 202 valence electrons. The smallest absolute Gasteiger partial charge is 0.262 e. The number of amides is 2. The first kappa shape index (κ1) is 31.0. The normalized spacial score (nSPS) is 12.8. The van der Waals surface area contributed by atoms with Gasteiger partial charge in [-0.2, -0.15) is 5.10 Å². The molecule has 0 aromatic heterocycles. The summed E-state index contributed by atoms with van der Waals surface area (Å²) in [5.74, 6) is 0.827. The van der Waals surface area contributed by atoms with Crippen molar-refractivity contribution in [1.82, 2.24) is 10.7 Å². The largest absolute Gasteiger partial charge is 0.490 e. The SMILES string of the molecule is CCOc1cc(/C=N\NC(=O)[C@H](CC(C)C)NC(=O)[C@@H](C)Oc2ccc(Cl)cc2Cl)cc(I)c1OCC. The first-order valence-corrected chi connectivity index (χ1v) is 13.7. The van der Waals surface area contributed by atoms with E-state index in [4.69, 9.17) is 37.4 Å². The number of hydrogen-bond acceptors (Lipinski definition) is 6. The maximum Gasteiger partial charge on any atom is 0.262 e. The fraction of sp³-hybridized carbons (Fsp3) is 0.423. The average Bonchev–Trinajstić information content (AvgIpc) is 2.82. The molecule has 0 saturated carbocycles. The highest BCUT2D eigenvalue weighted by atomic mass is 127. The fourth-order valence-electron chi connectivity index (χ4n) is 3.26. The predicted octanol–water partition coefficient (Wildman–Crippen LogP) is 5.84. The molecular weight excluding hydrogens is 632 g/mol. The highest BCUT2D eigenvalue weighted by molar-refractivity contribution is 14.1. The molecular formula is C26H32Cl2IN3O5. The molecule has 2 aromatic rings. The Labute approximate surface area is 241 Å². The fourth-order valence-corrected chi connectivity index (χ4v) is 4.50. The molecule has 0 saturated heterocycles. The first-order chi connectivity index (χ1) is 17.5. The highest BCUT2D eigenvalue weighted by Crippen LogP contribution is 2.34. The van der Waals surface area contributed by atoms with Crippen molar-refractivity contribution in [2.75, 3.05) is 13.2 Å². The zero-order valence-corrected chi connectivity index (χ0v) is 25.1. The van der Waals surface area contributed by atoms with Crippen LogP contribution in [0.1, 0.15) is 46.6 Å². The second kappa shape index (κ2) is 15.2. The van der Waals surface area contributed by atoms with Crippen molar-refractivity contribution < 1.29 is 23.8 Å². The molecule has 0 heterocycles. The van der Waals surface area contributed by atoms with Gasteiger partial charge in [0.25, 0.3) is 11.8 Å². The van der Waals surface area contributed by atoms with Gasteiger partial charge in [0.05, 0.1) is 28.0 Å². The van der Waals surface area contributed by atoms with Crippen molar-refractivity contribution in [3.05, 3.63) is 49.5 Å². The number of carbonyl (C=O) groups is 2. The number of ether oxygens (including phenoxy) is 3. The van der Waals surface area contributed by atoms with E-state index < -0.39 is 24.0 Å². The van der Waals surface area contributed by atoms with E-state index in [1.165, 1.54) is 12.3 Å². The van der Waals surface area contributed by atoms with Crippen molar-refractivity contribution in [3.63, 3.8) is 0 Å². The van der Waals surface area contributed by atoms with Gasteiger partial charge < -0.3 is 19.5 Å². The van der Waals surface area contributed by atoms with Gasteiger partial charge in [-0.05, 0) is 91.6 Å². The third-order valence-electron chi connectivity index (χ3n) is 4.92. The maximum atomic E-state index is 12.9. The number of hydrogen-bond donors (Lipinski definition) is 2. The monoisotopic (exact) mass is 663 g/mol. The topological polar surface area (TPSA) is 98.2 Å². The summed E-state index contributed by atoms with van der Waals surface area (Å²) in [5.41, 5.74) is 3.25. The molecule has 0 radical (unpaired) electrons. The molecule has 2 atom stereocenters. The second-order valence-corrected chi connectivity index (χ2v) is 10.5. The van der Waals surface area contributed by atoms with E-state index in [2.05, 4.69) is 38.4 Å². The summed E-state index contributed by atoms with van der Waals surface area (Å²) in [5, 5.41) is 7.58. The summed E-state index contributed by atoms with van der Waals surface area (Å²) in [6.45, 7) is 10.3. The quantitative estimate of drug-likeness (QED) is 0.159. The van der Waals surface area contributed by atoms with Gasteiger partial charge in [-0.25, -0.2) is 5.43 Å². The van der Waals surface area contributed by atoms with E-state index in [1.807, 2.05) is 33.8 Å². The van der Waals surface area contributed by atoms with E-state index in [1.54, 1.807) is 25.1 Å². The van der Waals surface area contributed by atoms with E-state index in [-0.39, 0.29) is 10.9 Å². The Bertz CT molecular complexity index is 1110. The summed E-state index contributed by atoms with van der Waals surface area (Å²) < 4.78 is 17.9. The van der Waals surface area contributed by atoms with Gasteiger partial charge in [-0.3, -0.25) is 9.59 Å². The Balaban J connectivity index is 2.08. The molecule has 0 fully saturated rings. The van der Waals surface area contributed by atoms with E-state index in [0.29, 0.717) is 41.9 Å². The molecule has 0 unspecified atom stereocenters. The molecule has 11 heteroatoms. The van der Waals surface area contributed by atoms with Crippen LogP contribution in [0.5, 0.6) is 17.2 Å². The van der Waals surface area contributed by atoms with E-state index in [9.17, 15) is 9.59 Å². The second-order valence-electron chi connectivity index (χ2n) is 8.46. The van der Waals surface area contributed by atoms with Gasteiger partial charge in [0.1, 0.15) is 11.8 Å². The van der Waals surface area contributed by atoms with Gasteiger partial charge >= 0.3 is 0 Å². The van der Waals surface area contributed by atoms with Gasteiger partial charge in [0.15, 0.2) is 17.6 Å². The third kappa shape index (κ3) is 9.86. The molecule has 0 bridgehead atoms. The van der Waals surface area contributed by atoms with Gasteiger partial charge in [-0.15, -0.1) is 0 Å². The summed E-state index contributed by atoms with van der Waals surface area (Å²) in [7, 11) is 0. The van der Waals surface area contributed by atoms with Crippen molar-refractivity contribution in [2.45, 2.75) is 53.2 Å². The molecule has 0 spiro atoms. The average molecular weight is 664 g/mol. The first-order valence-electron chi connectivity index (χ1n) is 11.9. The molecule has 8 nitrogen and oxygen atoms in total. The molecule has 37 heavy (non-hydrogen) atoms. The maximum absolute atomic E-state index is 12.9. The predicted molar refractivity (Wildman–Crippen MR) is 155 cm³/mol. The minimum absolute atomic E-state index is 0.142. The summed E-state index contributed by atoms with van der Waals surface area (Å²) in [6.07, 6.45) is 1.03. The van der Waals surface area contributed by atoms with Crippen LogP contribution >= 0.6 is 45.8 Å². The number of carbonyl (C=O) groups excluding carboxylic acids is 2.